The number of hydrogen-bond acceptors (Lipinski definition) is 2. The standard InChI is InChI=1S/C9H10F2OS/c1-5-6(12-2)4-7(13-3)9(11)8(5)10/h4H,1-3H3. The van der Waals surface area contributed by atoms with E-state index in [9.17, 15) is 8.78 Å². The second-order valence-corrected chi connectivity index (χ2v) is 3.38. The van der Waals surface area contributed by atoms with Crippen LogP contribution in [-0.2, 0) is 0 Å². The lowest BCUT2D eigenvalue weighted by atomic mass is 10.2. The van der Waals surface area contributed by atoms with Crippen molar-refractivity contribution >= 4 is 11.8 Å². The molecule has 0 aliphatic heterocycles. The van der Waals surface area contributed by atoms with Gasteiger partial charge in [0.05, 0.1) is 7.11 Å². The molecule has 0 aromatic heterocycles. The monoisotopic (exact) mass is 204 g/mol. The highest BCUT2D eigenvalue weighted by atomic mass is 32.2. The molecule has 0 unspecified atom stereocenters. The molecule has 0 saturated heterocycles. The Morgan fingerprint density at radius 1 is 1.31 bits per heavy atom. The zero-order chi connectivity index (χ0) is 10.0. The fraction of sp³-hybridized carbons (Fsp3) is 0.333. The topological polar surface area (TPSA) is 9.23 Å². The first-order valence-corrected chi connectivity index (χ1v) is 4.90. The predicted octanol–water partition coefficient (Wildman–Crippen LogP) is 3.00. The summed E-state index contributed by atoms with van der Waals surface area (Å²) in [7, 11) is 1.43. The van der Waals surface area contributed by atoms with E-state index in [0.29, 0.717) is 5.75 Å². The van der Waals surface area contributed by atoms with E-state index >= 15 is 0 Å². The van der Waals surface area contributed by atoms with Gasteiger partial charge in [-0.05, 0) is 19.2 Å². The molecule has 0 aliphatic rings. The third-order valence-electron chi connectivity index (χ3n) is 1.81. The van der Waals surface area contributed by atoms with Gasteiger partial charge in [-0.1, -0.05) is 0 Å². The first-order valence-electron chi connectivity index (χ1n) is 3.68. The van der Waals surface area contributed by atoms with Crippen LogP contribution in [0.2, 0.25) is 0 Å². The van der Waals surface area contributed by atoms with Gasteiger partial charge in [-0.25, -0.2) is 8.78 Å². The molecular formula is C9H10F2OS. The summed E-state index contributed by atoms with van der Waals surface area (Å²) in [6, 6.07) is 1.50. The van der Waals surface area contributed by atoms with Crippen LogP contribution in [0.4, 0.5) is 8.78 Å². The minimum Gasteiger partial charge on any atom is -0.496 e. The molecule has 0 radical (unpaired) electrons. The lowest BCUT2D eigenvalue weighted by molar-refractivity contribution is 0.397. The summed E-state index contributed by atoms with van der Waals surface area (Å²) in [6.45, 7) is 1.49. The third-order valence-corrected chi connectivity index (χ3v) is 2.55. The molecule has 0 aliphatic carbocycles. The van der Waals surface area contributed by atoms with Crippen molar-refractivity contribution in [1.82, 2.24) is 0 Å². The van der Waals surface area contributed by atoms with Crippen LogP contribution < -0.4 is 4.74 Å². The van der Waals surface area contributed by atoms with E-state index in [2.05, 4.69) is 0 Å². The first kappa shape index (κ1) is 10.3. The van der Waals surface area contributed by atoms with E-state index in [1.54, 1.807) is 6.26 Å². The molecule has 72 valence electrons. The summed E-state index contributed by atoms with van der Waals surface area (Å²) in [5.74, 6) is -1.25. The normalized spacial score (nSPS) is 10.2. The van der Waals surface area contributed by atoms with Gasteiger partial charge in [0.1, 0.15) is 5.75 Å². The van der Waals surface area contributed by atoms with E-state index in [1.165, 1.54) is 20.1 Å². The highest BCUT2D eigenvalue weighted by Crippen LogP contribution is 2.30. The molecule has 1 aromatic carbocycles. The van der Waals surface area contributed by atoms with E-state index in [4.69, 9.17) is 4.74 Å². The van der Waals surface area contributed by atoms with Crippen molar-refractivity contribution in [3.63, 3.8) is 0 Å². The van der Waals surface area contributed by atoms with Crippen LogP contribution in [-0.4, -0.2) is 13.4 Å². The van der Waals surface area contributed by atoms with Gasteiger partial charge in [0.2, 0.25) is 0 Å². The Bertz CT molecular complexity index is 298. The number of halogens is 2. The van der Waals surface area contributed by atoms with Crippen molar-refractivity contribution in [1.29, 1.82) is 0 Å². The van der Waals surface area contributed by atoms with Crippen LogP contribution in [0, 0.1) is 18.6 Å². The number of rotatable bonds is 2. The molecule has 0 amide bonds. The average Bonchev–Trinajstić information content (AvgIpc) is 2.15. The van der Waals surface area contributed by atoms with Gasteiger partial charge in [0.15, 0.2) is 11.6 Å². The summed E-state index contributed by atoms with van der Waals surface area (Å²) in [4.78, 5) is 0.264. The van der Waals surface area contributed by atoms with Crippen molar-refractivity contribution in [2.75, 3.05) is 13.4 Å². The second kappa shape index (κ2) is 3.96. The van der Waals surface area contributed by atoms with Gasteiger partial charge in [0, 0.05) is 10.5 Å². The molecule has 1 aromatic rings. The fourth-order valence-electron chi connectivity index (χ4n) is 1.03. The number of thioether (sulfide) groups is 1. The molecule has 0 bridgehead atoms. The molecular weight excluding hydrogens is 194 g/mol. The predicted molar refractivity (Wildman–Crippen MR) is 49.4 cm³/mol. The molecule has 4 heteroatoms. The minimum absolute atomic E-state index is 0.206. The molecule has 0 fully saturated rings. The zero-order valence-corrected chi connectivity index (χ0v) is 8.47. The van der Waals surface area contributed by atoms with Crippen molar-refractivity contribution in [2.45, 2.75) is 11.8 Å². The van der Waals surface area contributed by atoms with Crippen LogP contribution in [0.3, 0.4) is 0 Å². The minimum atomic E-state index is -0.830. The van der Waals surface area contributed by atoms with Crippen LogP contribution in [0.5, 0.6) is 5.75 Å². The maximum Gasteiger partial charge on any atom is 0.172 e. The fourth-order valence-corrected chi connectivity index (χ4v) is 1.53. The van der Waals surface area contributed by atoms with Gasteiger partial charge in [0.25, 0.3) is 0 Å². The summed E-state index contributed by atoms with van der Waals surface area (Å²) in [5, 5.41) is 0. The van der Waals surface area contributed by atoms with Crippen LogP contribution in [0.25, 0.3) is 0 Å². The van der Waals surface area contributed by atoms with Crippen molar-refractivity contribution in [3.05, 3.63) is 23.3 Å². The van der Waals surface area contributed by atoms with Crippen molar-refractivity contribution in [2.24, 2.45) is 0 Å². The number of benzene rings is 1. The maximum atomic E-state index is 13.2. The summed E-state index contributed by atoms with van der Waals surface area (Å²) in [5.41, 5.74) is 0.206. The summed E-state index contributed by atoms with van der Waals surface area (Å²) >= 11 is 1.15. The molecule has 1 rings (SSSR count). The number of ether oxygens (including phenoxy) is 1. The Labute approximate surface area is 80.1 Å². The van der Waals surface area contributed by atoms with Crippen molar-refractivity contribution in [3.8, 4) is 5.75 Å². The SMILES string of the molecule is COc1cc(SC)c(F)c(F)c1C. The molecule has 1 nitrogen and oxygen atoms in total. The molecule has 13 heavy (non-hydrogen) atoms. The van der Waals surface area contributed by atoms with Gasteiger partial charge in [-0.2, -0.15) is 0 Å². The molecule has 0 spiro atoms. The lowest BCUT2D eigenvalue weighted by Crippen LogP contribution is -1.96. The van der Waals surface area contributed by atoms with Gasteiger partial charge in [-0.3, -0.25) is 0 Å². The Balaban J connectivity index is 3.36. The van der Waals surface area contributed by atoms with Gasteiger partial charge < -0.3 is 4.74 Å². The highest BCUT2D eigenvalue weighted by Gasteiger charge is 2.15. The molecule has 0 heterocycles. The third kappa shape index (κ3) is 1.77. The Hall–Kier alpha value is -0.770. The maximum absolute atomic E-state index is 13.2. The largest absolute Gasteiger partial charge is 0.496 e. The Morgan fingerprint density at radius 2 is 1.92 bits per heavy atom. The number of methoxy groups -OCH3 is 1. The Kier molecular flexibility index (Phi) is 3.14. The van der Waals surface area contributed by atoms with E-state index in [-0.39, 0.29) is 10.5 Å². The highest BCUT2D eigenvalue weighted by molar-refractivity contribution is 7.98. The van der Waals surface area contributed by atoms with Crippen LogP contribution in [0.15, 0.2) is 11.0 Å². The molecule has 0 atom stereocenters. The quantitative estimate of drug-likeness (QED) is 0.685. The number of hydrogen-bond donors (Lipinski definition) is 0. The average molecular weight is 204 g/mol. The molecule has 0 N–H and O–H groups in total. The summed E-state index contributed by atoms with van der Waals surface area (Å²) in [6.07, 6.45) is 1.69. The van der Waals surface area contributed by atoms with Crippen molar-refractivity contribution < 1.29 is 13.5 Å². The lowest BCUT2D eigenvalue weighted by Gasteiger charge is -2.08. The van der Waals surface area contributed by atoms with Crippen LogP contribution >= 0.6 is 11.8 Å². The van der Waals surface area contributed by atoms with Gasteiger partial charge >= 0.3 is 0 Å². The van der Waals surface area contributed by atoms with E-state index in [0.717, 1.165) is 11.8 Å². The van der Waals surface area contributed by atoms with Crippen LogP contribution in [0.1, 0.15) is 5.56 Å². The smallest absolute Gasteiger partial charge is 0.172 e. The van der Waals surface area contributed by atoms with E-state index < -0.39 is 11.6 Å². The Morgan fingerprint density at radius 3 is 2.38 bits per heavy atom. The summed E-state index contributed by atoms with van der Waals surface area (Å²) < 4.78 is 31.2. The molecule has 0 saturated carbocycles. The van der Waals surface area contributed by atoms with Gasteiger partial charge in [-0.15, -0.1) is 11.8 Å². The zero-order valence-electron chi connectivity index (χ0n) is 7.65. The van der Waals surface area contributed by atoms with E-state index in [1.807, 2.05) is 0 Å². The second-order valence-electron chi connectivity index (χ2n) is 2.53. The first-order chi connectivity index (χ1) is 6.11.